The van der Waals surface area contributed by atoms with Crippen LogP contribution in [0.1, 0.15) is 29.0 Å². The first-order chi connectivity index (χ1) is 10.7. The quantitative estimate of drug-likeness (QED) is 0.805. The summed E-state index contributed by atoms with van der Waals surface area (Å²) in [5.41, 5.74) is 8.13. The van der Waals surface area contributed by atoms with Crippen molar-refractivity contribution >= 4 is 5.91 Å². The first-order valence-corrected chi connectivity index (χ1v) is 7.17. The van der Waals surface area contributed by atoms with Crippen LogP contribution < -0.4 is 5.73 Å². The lowest BCUT2D eigenvalue weighted by Crippen LogP contribution is -2.12. The van der Waals surface area contributed by atoms with E-state index < -0.39 is 0 Å². The second kappa shape index (κ2) is 5.95. The smallest absolute Gasteiger partial charge is 0.263 e. The summed E-state index contributed by atoms with van der Waals surface area (Å²) in [6.45, 7) is 1.86. The molecule has 1 unspecified atom stereocenters. The number of hydrogen-bond acceptors (Lipinski definition) is 3. The Bertz CT molecular complexity index is 777. The summed E-state index contributed by atoms with van der Waals surface area (Å²) in [6, 6.07) is 18.6. The molecular weight excluding hydrogens is 274 g/mol. The standard InChI is InChI=1S/C18H17N3O/c1-13(19)16-12-21(18(22)15-10-6-3-7-11-15)17(20-16)14-8-4-2-5-9-14/h2-13H,19H2,1H3. The van der Waals surface area contributed by atoms with Crippen LogP contribution in [0.25, 0.3) is 11.4 Å². The van der Waals surface area contributed by atoms with E-state index in [0.717, 1.165) is 5.56 Å². The van der Waals surface area contributed by atoms with E-state index in [1.165, 1.54) is 0 Å². The molecule has 22 heavy (non-hydrogen) atoms. The second-order valence-electron chi connectivity index (χ2n) is 5.19. The summed E-state index contributed by atoms with van der Waals surface area (Å²) in [5, 5.41) is 0. The number of rotatable bonds is 3. The van der Waals surface area contributed by atoms with Crippen molar-refractivity contribution in [2.75, 3.05) is 0 Å². The minimum Gasteiger partial charge on any atom is -0.323 e. The molecule has 0 amide bonds. The molecule has 0 aliphatic heterocycles. The van der Waals surface area contributed by atoms with Gasteiger partial charge < -0.3 is 5.73 Å². The highest BCUT2D eigenvalue weighted by Gasteiger charge is 2.18. The average molecular weight is 291 g/mol. The molecule has 0 aliphatic rings. The number of hydrogen-bond donors (Lipinski definition) is 1. The van der Waals surface area contributed by atoms with Crippen LogP contribution in [-0.4, -0.2) is 15.5 Å². The molecule has 0 fully saturated rings. The summed E-state index contributed by atoms with van der Waals surface area (Å²) < 4.78 is 1.57. The molecule has 1 heterocycles. The number of nitrogens with zero attached hydrogens (tertiary/aromatic N) is 2. The third kappa shape index (κ3) is 2.69. The van der Waals surface area contributed by atoms with E-state index in [0.29, 0.717) is 17.1 Å². The maximum Gasteiger partial charge on any atom is 0.263 e. The summed E-state index contributed by atoms with van der Waals surface area (Å²) in [6.07, 6.45) is 1.72. The van der Waals surface area contributed by atoms with Gasteiger partial charge in [-0.25, -0.2) is 4.98 Å². The number of nitrogens with two attached hydrogens (primary N) is 1. The Hall–Kier alpha value is -2.72. The lowest BCUT2D eigenvalue weighted by molar-refractivity contribution is 0.0961. The minimum absolute atomic E-state index is 0.112. The van der Waals surface area contributed by atoms with Crippen molar-refractivity contribution in [3.8, 4) is 11.4 Å². The minimum atomic E-state index is -0.229. The number of aromatic nitrogens is 2. The lowest BCUT2D eigenvalue weighted by atomic mass is 10.2. The molecule has 0 spiro atoms. The third-order valence-corrected chi connectivity index (χ3v) is 3.46. The number of carbonyl (C=O) groups excluding carboxylic acids is 1. The zero-order chi connectivity index (χ0) is 15.5. The summed E-state index contributed by atoms with van der Waals surface area (Å²) >= 11 is 0. The first kappa shape index (κ1) is 14.2. The topological polar surface area (TPSA) is 60.9 Å². The first-order valence-electron chi connectivity index (χ1n) is 7.17. The van der Waals surface area contributed by atoms with E-state index in [4.69, 9.17) is 5.73 Å². The van der Waals surface area contributed by atoms with Crippen LogP contribution in [0.5, 0.6) is 0 Å². The monoisotopic (exact) mass is 291 g/mol. The van der Waals surface area contributed by atoms with Crippen LogP contribution >= 0.6 is 0 Å². The van der Waals surface area contributed by atoms with E-state index in [-0.39, 0.29) is 11.9 Å². The summed E-state index contributed by atoms with van der Waals surface area (Å²) in [5.74, 6) is 0.501. The largest absolute Gasteiger partial charge is 0.323 e. The van der Waals surface area contributed by atoms with Gasteiger partial charge in [0.25, 0.3) is 5.91 Å². The molecule has 0 aliphatic carbocycles. The van der Waals surface area contributed by atoms with Gasteiger partial charge in [-0.3, -0.25) is 9.36 Å². The Morgan fingerprint density at radius 2 is 1.64 bits per heavy atom. The van der Waals surface area contributed by atoms with Gasteiger partial charge in [0.15, 0.2) is 0 Å². The maximum atomic E-state index is 12.8. The Morgan fingerprint density at radius 1 is 1.05 bits per heavy atom. The molecule has 0 saturated carbocycles. The van der Waals surface area contributed by atoms with E-state index in [9.17, 15) is 4.79 Å². The van der Waals surface area contributed by atoms with E-state index in [1.54, 1.807) is 22.9 Å². The SMILES string of the molecule is CC(N)c1cn(C(=O)c2ccccc2)c(-c2ccccc2)n1. The molecule has 2 aromatic carbocycles. The van der Waals surface area contributed by atoms with Crippen molar-refractivity contribution in [3.63, 3.8) is 0 Å². The summed E-state index contributed by atoms with van der Waals surface area (Å²) in [7, 11) is 0. The number of benzene rings is 2. The number of carbonyl (C=O) groups is 1. The Balaban J connectivity index is 2.12. The van der Waals surface area contributed by atoms with Gasteiger partial charge in [0, 0.05) is 23.4 Å². The van der Waals surface area contributed by atoms with Gasteiger partial charge in [-0.05, 0) is 19.1 Å². The predicted molar refractivity (Wildman–Crippen MR) is 86.4 cm³/mol. The molecule has 0 radical (unpaired) electrons. The van der Waals surface area contributed by atoms with Gasteiger partial charge in [-0.15, -0.1) is 0 Å². The van der Waals surface area contributed by atoms with Crippen LogP contribution in [0.3, 0.4) is 0 Å². The van der Waals surface area contributed by atoms with Gasteiger partial charge in [-0.2, -0.15) is 0 Å². The van der Waals surface area contributed by atoms with Crippen molar-refractivity contribution < 1.29 is 4.79 Å². The Kier molecular flexibility index (Phi) is 3.85. The molecule has 4 nitrogen and oxygen atoms in total. The Labute approximate surface area is 129 Å². The molecule has 4 heteroatoms. The van der Waals surface area contributed by atoms with Crippen LogP contribution in [0.2, 0.25) is 0 Å². The third-order valence-electron chi connectivity index (χ3n) is 3.46. The predicted octanol–water partition coefficient (Wildman–Crippen LogP) is 3.26. The van der Waals surface area contributed by atoms with Crippen LogP contribution in [0.15, 0.2) is 66.9 Å². The molecule has 3 rings (SSSR count). The molecule has 1 aromatic heterocycles. The highest BCUT2D eigenvalue weighted by Crippen LogP contribution is 2.22. The highest BCUT2D eigenvalue weighted by atomic mass is 16.2. The van der Waals surface area contributed by atoms with Crippen molar-refractivity contribution in [2.24, 2.45) is 5.73 Å². The van der Waals surface area contributed by atoms with E-state index >= 15 is 0 Å². The van der Waals surface area contributed by atoms with Gasteiger partial charge >= 0.3 is 0 Å². The number of imidazole rings is 1. The highest BCUT2D eigenvalue weighted by molar-refractivity contribution is 5.98. The maximum absolute atomic E-state index is 12.8. The fraction of sp³-hybridized carbons (Fsp3) is 0.111. The summed E-state index contributed by atoms with van der Waals surface area (Å²) in [4.78, 5) is 17.3. The van der Waals surface area contributed by atoms with Gasteiger partial charge in [0.05, 0.1) is 5.69 Å². The molecule has 110 valence electrons. The second-order valence-corrected chi connectivity index (χ2v) is 5.19. The fourth-order valence-electron chi connectivity index (χ4n) is 2.28. The molecule has 3 aromatic rings. The van der Waals surface area contributed by atoms with Crippen molar-refractivity contribution in [2.45, 2.75) is 13.0 Å². The van der Waals surface area contributed by atoms with Crippen LogP contribution in [0, 0.1) is 0 Å². The molecule has 1 atom stereocenters. The molecule has 0 saturated heterocycles. The average Bonchev–Trinajstić information content (AvgIpc) is 3.01. The van der Waals surface area contributed by atoms with Crippen LogP contribution in [0.4, 0.5) is 0 Å². The lowest BCUT2D eigenvalue weighted by Gasteiger charge is -2.06. The molecule has 2 N–H and O–H groups in total. The van der Waals surface area contributed by atoms with Gasteiger partial charge in [0.2, 0.25) is 0 Å². The molecule has 0 bridgehead atoms. The molecular formula is C18H17N3O. The van der Waals surface area contributed by atoms with Gasteiger partial charge in [-0.1, -0.05) is 48.5 Å². The zero-order valence-corrected chi connectivity index (χ0v) is 12.3. The van der Waals surface area contributed by atoms with E-state index in [2.05, 4.69) is 4.98 Å². The Morgan fingerprint density at radius 3 is 2.23 bits per heavy atom. The van der Waals surface area contributed by atoms with Crippen molar-refractivity contribution in [3.05, 3.63) is 78.1 Å². The van der Waals surface area contributed by atoms with E-state index in [1.807, 2.05) is 55.5 Å². The van der Waals surface area contributed by atoms with Crippen molar-refractivity contribution in [1.29, 1.82) is 0 Å². The fourth-order valence-corrected chi connectivity index (χ4v) is 2.28. The van der Waals surface area contributed by atoms with Crippen molar-refractivity contribution in [1.82, 2.24) is 9.55 Å². The zero-order valence-electron chi connectivity index (χ0n) is 12.3. The van der Waals surface area contributed by atoms with Crippen LogP contribution in [-0.2, 0) is 0 Å². The normalized spacial score (nSPS) is 12.1. The van der Waals surface area contributed by atoms with Gasteiger partial charge in [0.1, 0.15) is 5.82 Å².